The Morgan fingerprint density at radius 3 is 2.35 bits per heavy atom. The van der Waals surface area contributed by atoms with Crippen molar-refractivity contribution < 1.29 is 9.59 Å². The molecule has 0 saturated heterocycles. The van der Waals surface area contributed by atoms with Gasteiger partial charge in [0.15, 0.2) is 0 Å². The number of carbonyl (C=O) groups is 2. The Morgan fingerprint density at radius 1 is 1.08 bits per heavy atom. The number of amides is 2. The fourth-order valence-electron chi connectivity index (χ4n) is 2.95. The van der Waals surface area contributed by atoms with Gasteiger partial charge in [-0.15, -0.1) is 0 Å². The highest BCUT2D eigenvalue weighted by Crippen LogP contribution is 2.19. The minimum atomic E-state index is -0.487. The highest BCUT2D eigenvalue weighted by atomic mass is 35.5. The molecule has 4 nitrogen and oxygen atoms in total. The van der Waals surface area contributed by atoms with Crippen LogP contribution in [0.25, 0.3) is 0 Å². The molecule has 0 fully saturated rings. The van der Waals surface area contributed by atoms with Crippen LogP contribution < -0.4 is 5.32 Å². The molecule has 0 aliphatic carbocycles. The van der Waals surface area contributed by atoms with Gasteiger partial charge in [0, 0.05) is 25.0 Å². The van der Waals surface area contributed by atoms with Crippen LogP contribution in [-0.4, -0.2) is 29.8 Å². The van der Waals surface area contributed by atoms with Gasteiger partial charge < -0.3 is 10.2 Å². The molecule has 138 valence electrons. The monoisotopic (exact) mass is 372 g/mol. The van der Waals surface area contributed by atoms with E-state index in [9.17, 15) is 9.59 Å². The third kappa shape index (κ3) is 5.33. The number of carbonyl (C=O) groups excluding carboxylic acids is 2. The zero-order valence-electron chi connectivity index (χ0n) is 15.2. The topological polar surface area (TPSA) is 49.4 Å². The maximum Gasteiger partial charge on any atom is 0.242 e. The van der Waals surface area contributed by atoms with Crippen molar-refractivity contribution in [3.8, 4) is 0 Å². The second-order valence-corrected chi connectivity index (χ2v) is 6.54. The molecule has 0 heterocycles. The molecule has 2 aromatic carbocycles. The van der Waals surface area contributed by atoms with E-state index in [1.165, 1.54) is 0 Å². The van der Waals surface area contributed by atoms with Crippen LogP contribution in [0.5, 0.6) is 0 Å². The average Bonchev–Trinajstić information content (AvgIpc) is 2.67. The van der Waals surface area contributed by atoms with Crippen LogP contribution in [0.15, 0.2) is 54.6 Å². The molecule has 0 aliphatic rings. The molecule has 2 rings (SSSR count). The van der Waals surface area contributed by atoms with Crippen molar-refractivity contribution in [2.24, 2.45) is 0 Å². The summed E-state index contributed by atoms with van der Waals surface area (Å²) in [5.41, 5.74) is 1.94. The van der Waals surface area contributed by atoms with Crippen LogP contribution >= 0.6 is 11.6 Å². The smallest absolute Gasteiger partial charge is 0.242 e. The van der Waals surface area contributed by atoms with Crippen molar-refractivity contribution >= 4 is 23.4 Å². The largest absolute Gasteiger partial charge is 0.357 e. The van der Waals surface area contributed by atoms with E-state index in [2.05, 4.69) is 5.32 Å². The second kappa shape index (κ2) is 9.97. The summed E-state index contributed by atoms with van der Waals surface area (Å²) in [5, 5.41) is 3.33. The first kappa shape index (κ1) is 20.0. The molecule has 0 unspecified atom stereocenters. The van der Waals surface area contributed by atoms with Crippen LogP contribution in [0.3, 0.4) is 0 Å². The lowest BCUT2D eigenvalue weighted by molar-refractivity contribution is -0.141. The van der Waals surface area contributed by atoms with Crippen molar-refractivity contribution in [2.45, 2.75) is 38.8 Å². The standard InChI is InChI=1S/C21H25ClN2O2/c1-3-19(21(26)23-2)24(15-16-9-5-4-6-10-16)20(25)14-13-17-11-7-8-12-18(17)22/h4-12,19H,3,13-15H2,1-2H3,(H,23,26)/t19-/m0/s1. The number of benzene rings is 2. The van der Waals surface area contributed by atoms with Crippen molar-refractivity contribution in [2.75, 3.05) is 7.05 Å². The van der Waals surface area contributed by atoms with E-state index < -0.39 is 6.04 Å². The second-order valence-electron chi connectivity index (χ2n) is 6.14. The Kier molecular flexibility index (Phi) is 7.67. The maximum atomic E-state index is 13.0. The molecule has 0 aliphatic heterocycles. The molecular formula is C21H25ClN2O2. The lowest BCUT2D eigenvalue weighted by Crippen LogP contribution is -2.48. The zero-order valence-corrected chi connectivity index (χ0v) is 16.0. The molecule has 0 bridgehead atoms. The van der Waals surface area contributed by atoms with E-state index >= 15 is 0 Å². The first-order chi connectivity index (χ1) is 12.6. The van der Waals surface area contributed by atoms with Gasteiger partial charge in [-0.25, -0.2) is 0 Å². The summed E-state index contributed by atoms with van der Waals surface area (Å²) in [7, 11) is 1.60. The summed E-state index contributed by atoms with van der Waals surface area (Å²) in [4.78, 5) is 26.9. The number of hydrogen-bond acceptors (Lipinski definition) is 2. The molecule has 0 radical (unpaired) electrons. The SMILES string of the molecule is CC[C@@H](C(=O)NC)N(Cc1ccccc1)C(=O)CCc1ccccc1Cl. The fourth-order valence-corrected chi connectivity index (χ4v) is 3.18. The Bertz CT molecular complexity index is 734. The Balaban J connectivity index is 2.17. The van der Waals surface area contributed by atoms with Gasteiger partial charge >= 0.3 is 0 Å². The average molecular weight is 373 g/mol. The van der Waals surface area contributed by atoms with E-state index in [-0.39, 0.29) is 11.8 Å². The lowest BCUT2D eigenvalue weighted by Gasteiger charge is -2.30. The molecule has 0 spiro atoms. The van der Waals surface area contributed by atoms with Gasteiger partial charge in [-0.1, -0.05) is 67.1 Å². The fraction of sp³-hybridized carbons (Fsp3) is 0.333. The van der Waals surface area contributed by atoms with E-state index in [1.54, 1.807) is 11.9 Å². The Hall–Kier alpha value is -2.33. The minimum Gasteiger partial charge on any atom is -0.357 e. The van der Waals surface area contributed by atoms with E-state index in [1.807, 2.05) is 61.5 Å². The third-order valence-electron chi connectivity index (χ3n) is 4.39. The number of hydrogen-bond donors (Lipinski definition) is 1. The first-order valence-electron chi connectivity index (χ1n) is 8.85. The van der Waals surface area contributed by atoms with Gasteiger partial charge in [-0.3, -0.25) is 9.59 Å². The lowest BCUT2D eigenvalue weighted by atomic mass is 10.1. The summed E-state index contributed by atoms with van der Waals surface area (Å²) in [5.74, 6) is -0.196. The van der Waals surface area contributed by atoms with E-state index in [0.29, 0.717) is 30.8 Å². The van der Waals surface area contributed by atoms with Crippen LogP contribution in [0.4, 0.5) is 0 Å². The highest BCUT2D eigenvalue weighted by Gasteiger charge is 2.27. The predicted octanol–water partition coefficient (Wildman–Crippen LogP) is 3.83. The van der Waals surface area contributed by atoms with Crippen LogP contribution in [-0.2, 0) is 22.6 Å². The molecule has 2 amide bonds. The first-order valence-corrected chi connectivity index (χ1v) is 9.23. The normalized spacial score (nSPS) is 11.7. The van der Waals surface area contributed by atoms with Gasteiger partial charge in [0.2, 0.25) is 11.8 Å². The summed E-state index contributed by atoms with van der Waals surface area (Å²) >= 11 is 6.19. The van der Waals surface area contributed by atoms with Crippen molar-refractivity contribution in [1.29, 1.82) is 0 Å². The molecule has 1 N–H and O–H groups in total. The van der Waals surface area contributed by atoms with E-state index in [4.69, 9.17) is 11.6 Å². The summed E-state index contributed by atoms with van der Waals surface area (Å²) in [6.07, 6.45) is 1.42. The van der Waals surface area contributed by atoms with Crippen molar-refractivity contribution in [3.05, 3.63) is 70.7 Å². The molecule has 26 heavy (non-hydrogen) atoms. The van der Waals surface area contributed by atoms with E-state index in [0.717, 1.165) is 11.1 Å². The minimum absolute atomic E-state index is 0.0516. The molecule has 2 aromatic rings. The zero-order chi connectivity index (χ0) is 18.9. The maximum absolute atomic E-state index is 13.0. The summed E-state index contributed by atoms with van der Waals surface area (Å²) in [6, 6.07) is 16.8. The number of likely N-dealkylation sites (N-methyl/N-ethyl adjacent to an activating group) is 1. The van der Waals surface area contributed by atoms with Crippen molar-refractivity contribution in [1.82, 2.24) is 10.2 Å². The Morgan fingerprint density at radius 2 is 1.73 bits per heavy atom. The summed E-state index contributed by atoms with van der Waals surface area (Å²) in [6.45, 7) is 2.33. The number of nitrogens with one attached hydrogen (secondary N) is 1. The highest BCUT2D eigenvalue weighted by molar-refractivity contribution is 6.31. The van der Waals surface area contributed by atoms with Gasteiger partial charge in [0.1, 0.15) is 6.04 Å². The third-order valence-corrected chi connectivity index (χ3v) is 4.76. The number of halogens is 1. The van der Waals surface area contributed by atoms with Gasteiger partial charge in [-0.05, 0) is 30.0 Å². The van der Waals surface area contributed by atoms with Gasteiger partial charge in [0.05, 0.1) is 0 Å². The van der Waals surface area contributed by atoms with Gasteiger partial charge in [0.25, 0.3) is 0 Å². The van der Waals surface area contributed by atoms with Crippen LogP contribution in [0.2, 0.25) is 5.02 Å². The van der Waals surface area contributed by atoms with Crippen LogP contribution in [0.1, 0.15) is 30.9 Å². The van der Waals surface area contributed by atoms with Crippen LogP contribution in [0, 0.1) is 0 Å². The van der Waals surface area contributed by atoms with Gasteiger partial charge in [-0.2, -0.15) is 0 Å². The van der Waals surface area contributed by atoms with Crippen molar-refractivity contribution in [3.63, 3.8) is 0 Å². The number of aryl methyl sites for hydroxylation is 1. The Labute approximate surface area is 160 Å². The molecule has 0 aromatic heterocycles. The molecule has 1 atom stereocenters. The quantitative estimate of drug-likeness (QED) is 0.765. The molecule has 0 saturated carbocycles. The number of nitrogens with zero attached hydrogens (tertiary/aromatic N) is 1. The molecule has 5 heteroatoms. The summed E-state index contributed by atoms with van der Waals surface area (Å²) < 4.78 is 0. The number of rotatable bonds is 8. The predicted molar refractivity (Wildman–Crippen MR) is 105 cm³/mol. The molecular weight excluding hydrogens is 348 g/mol.